The molecule has 30 heavy (non-hydrogen) atoms. The predicted octanol–water partition coefficient (Wildman–Crippen LogP) is 3.81. The molecule has 0 unspecified atom stereocenters. The van der Waals surface area contributed by atoms with Gasteiger partial charge in [0, 0.05) is 30.4 Å². The molecule has 2 heterocycles. The number of hydrogen-bond donors (Lipinski definition) is 2. The molecule has 1 amide bonds. The second kappa shape index (κ2) is 10.9. The van der Waals surface area contributed by atoms with Gasteiger partial charge in [0.15, 0.2) is 0 Å². The van der Waals surface area contributed by atoms with Crippen LogP contribution < -0.4 is 10.1 Å². The zero-order valence-electron chi connectivity index (χ0n) is 16.5. The van der Waals surface area contributed by atoms with Gasteiger partial charge in [-0.25, -0.2) is 4.98 Å². The molecular weight excluding hydrogens is 422 g/mol. The number of para-hydroxylation sites is 1. The first kappa shape index (κ1) is 22.0. The molecule has 9 heteroatoms. The molecule has 3 rings (SSSR count). The zero-order chi connectivity index (χ0) is 21.3. The molecule has 0 saturated carbocycles. The first-order chi connectivity index (χ1) is 14.5. The first-order valence-corrected chi connectivity index (χ1v) is 11.9. The molecule has 0 bridgehead atoms. The standard InChI is InChI=1S/C21H23N3O4S2/c1-15-5-4-10-24-13-16(23-20(15)24)14-28-18-7-3-2-6-17(18)21(27)22-9-12-30-29-11-8-19(25)26/h2-7,10,13H,8-9,11-12,14H2,1H3,(H,22,27)(H,25,26). The highest BCUT2D eigenvalue weighted by Gasteiger charge is 2.13. The number of nitrogens with one attached hydrogen (secondary N) is 1. The Morgan fingerprint density at radius 2 is 1.97 bits per heavy atom. The van der Waals surface area contributed by atoms with Crippen molar-refractivity contribution in [3.63, 3.8) is 0 Å². The molecule has 0 saturated heterocycles. The average Bonchev–Trinajstić information content (AvgIpc) is 3.16. The zero-order valence-corrected chi connectivity index (χ0v) is 18.2. The van der Waals surface area contributed by atoms with Crippen molar-refractivity contribution in [3.8, 4) is 5.75 Å². The monoisotopic (exact) mass is 445 g/mol. The second-order valence-electron chi connectivity index (χ2n) is 6.48. The minimum Gasteiger partial charge on any atom is -0.486 e. The maximum absolute atomic E-state index is 12.5. The molecule has 0 aliphatic heterocycles. The summed E-state index contributed by atoms with van der Waals surface area (Å²) in [6, 6.07) is 11.1. The normalized spacial score (nSPS) is 10.8. The van der Waals surface area contributed by atoms with Crippen molar-refractivity contribution >= 4 is 39.1 Å². The molecule has 1 aromatic carbocycles. The Balaban J connectivity index is 1.51. The average molecular weight is 446 g/mol. The number of amides is 1. The molecule has 0 atom stereocenters. The Morgan fingerprint density at radius 3 is 2.77 bits per heavy atom. The number of benzene rings is 1. The van der Waals surface area contributed by atoms with Gasteiger partial charge in [-0.15, -0.1) is 0 Å². The quantitative estimate of drug-likeness (QED) is 0.342. The van der Waals surface area contributed by atoms with E-state index >= 15 is 0 Å². The lowest BCUT2D eigenvalue weighted by Gasteiger charge is -2.11. The number of nitrogens with zero attached hydrogens (tertiary/aromatic N) is 2. The van der Waals surface area contributed by atoms with Crippen LogP contribution in [0.2, 0.25) is 0 Å². The highest BCUT2D eigenvalue weighted by molar-refractivity contribution is 8.76. The van der Waals surface area contributed by atoms with Crippen molar-refractivity contribution in [1.82, 2.24) is 14.7 Å². The van der Waals surface area contributed by atoms with E-state index in [2.05, 4.69) is 10.3 Å². The van der Waals surface area contributed by atoms with Gasteiger partial charge in [-0.05, 0) is 30.7 Å². The third-order valence-electron chi connectivity index (χ3n) is 4.19. The number of aryl methyl sites for hydroxylation is 1. The van der Waals surface area contributed by atoms with E-state index in [0.717, 1.165) is 16.9 Å². The van der Waals surface area contributed by atoms with Gasteiger partial charge in [0.05, 0.1) is 17.7 Å². The van der Waals surface area contributed by atoms with Crippen molar-refractivity contribution < 1.29 is 19.4 Å². The summed E-state index contributed by atoms with van der Waals surface area (Å²) in [6.07, 6.45) is 4.00. The third kappa shape index (κ3) is 6.17. The fourth-order valence-electron chi connectivity index (χ4n) is 2.75. The van der Waals surface area contributed by atoms with Crippen LogP contribution in [0.1, 0.15) is 28.0 Å². The van der Waals surface area contributed by atoms with Crippen molar-refractivity contribution in [2.24, 2.45) is 0 Å². The number of hydrogen-bond acceptors (Lipinski definition) is 6. The molecule has 0 radical (unpaired) electrons. The number of rotatable bonds is 11. The van der Waals surface area contributed by atoms with Crippen LogP contribution in [0.4, 0.5) is 0 Å². The lowest BCUT2D eigenvalue weighted by atomic mass is 10.2. The van der Waals surface area contributed by atoms with E-state index in [1.165, 1.54) is 10.8 Å². The van der Waals surface area contributed by atoms with E-state index in [9.17, 15) is 9.59 Å². The lowest BCUT2D eigenvalue weighted by molar-refractivity contribution is -0.136. The van der Waals surface area contributed by atoms with Gasteiger partial charge < -0.3 is 19.6 Å². The second-order valence-corrected chi connectivity index (χ2v) is 9.18. The molecular formula is C21H23N3O4S2. The number of fused-ring (bicyclic) bond motifs is 1. The summed E-state index contributed by atoms with van der Waals surface area (Å²) in [7, 11) is 3.04. The van der Waals surface area contributed by atoms with Gasteiger partial charge in [-0.2, -0.15) is 0 Å². The van der Waals surface area contributed by atoms with Crippen LogP contribution >= 0.6 is 21.6 Å². The van der Waals surface area contributed by atoms with Crippen LogP contribution in [0.3, 0.4) is 0 Å². The number of aromatic nitrogens is 2. The molecule has 3 aromatic rings. The highest BCUT2D eigenvalue weighted by atomic mass is 33.1. The lowest BCUT2D eigenvalue weighted by Crippen LogP contribution is -2.26. The van der Waals surface area contributed by atoms with E-state index in [-0.39, 0.29) is 18.9 Å². The molecule has 2 aromatic heterocycles. The molecule has 0 aliphatic carbocycles. The minimum atomic E-state index is -0.799. The van der Waals surface area contributed by atoms with Gasteiger partial charge in [0.2, 0.25) is 0 Å². The maximum Gasteiger partial charge on any atom is 0.304 e. The van der Waals surface area contributed by atoms with E-state index in [1.807, 2.05) is 41.9 Å². The number of imidazole rings is 1. The molecule has 0 aliphatic rings. The van der Waals surface area contributed by atoms with Gasteiger partial charge in [-0.3, -0.25) is 9.59 Å². The van der Waals surface area contributed by atoms with Gasteiger partial charge >= 0.3 is 5.97 Å². The van der Waals surface area contributed by atoms with Gasteiger partial charge in [-0.1, -0.05) is 39.8 Å². The minimum absolute atomic E-state index is 0.140. The first-order valence-electron chi connectivity index (χ1n) is 9.44. The number of aliphatic carboxylic acids is 1. The molecule has 7 nitrogen and oxygen atoms in total. The number of pyridine rings is 1. The van der Waals surface area contributed by atoms with Crippen LogP contribution in [0.15, 0.2) is 48.8 Å². The number of carbonyl (C=O) groups is 2. The number of carbonyl (C=O) groups excluding carboxylic acids is 1. The Bertz CT molecular complexity index is 1020. The van der Waals surface area contributed by atoms with Crippen molar-refractivity contribution in [2.45, 2.75) is 20.0 Å². The van der Waals surface area contributed by atoms with E-state index < -0.39 is 5.97 Å². The number of ether oxygens (including phenoxy) is 1. The third-order valence-corrected chi connectivity index (χ3v) is 6.60. The summed E-state index contributed by atoms with van der Waals surface area (Å²) in [6.45, 7) is 2.76. The maximum atomic E-state index is 12.5. The summed E-state index contributed by atoms with van der Waals surface area (Å²) >= 11 is 0. The molecule has 0 fully saturated rings. The largest absolute Gasteiger partial charge is 0.486 e. The Hall–Kier alpha value is -2.65. The fourth-order valence-corrected chi connectivity index (χ4v) is 4.64. The Morgan fingerprint density at radius 1 is 1.17 bits per heavy atom. The topological polar surface area (TPSA) is 92.9 Å². The van der Waals surface area contributed by atoms with Crippen LogP contribution in [0, 0.1) is 6.92 Å². The smallest absolute Gasteiger partial charge is 0.304 e. The number of carboxylic acid groups (broad SMARTS) is 1. The summed E-state index contributed by atoms with van der Waals surface area (Å²) in [4.78, 5) is 27.6. The van der Waals surface area contributed by atoms with Crippen molar-refractivity contribution in [2.75, 3.05) is 18.1 Å². The summed E-state index contributed by atoms with van der Waals surface area (Å²) in [5.41, 5.74) is 3.23. The molecule has 158 valence electrons. The highest BCUT2D eigenvalue weighted by Crippen LogP contribution is 2.22. The Kier molecular flexibility index (Phi) is 8.04. The summed E-state index contributed by atoms with van der Waals surface area (Å²) in [5.74, 6) is 0.749. The van der Waals surface area contributed by atoms with Crippen LogP contribution in [0.25, 0.3) is 5.65 Å². The van der Waals surface area contributed by atoms with Crippen molar-refractivity contribution in [1.29, 1.82) is 0 Å². The number of carboxylic acids is 1. The summed E-state index contributed by atoms with van der Waals surface area (Å²) < 4.78 is 7.85. The van der Waals surface area contributed by atoms with E-state index in [0.29, 0.717) is 29.4 Å². The van der Waals surface area contributed by atoms with Crippen LogP contribution in [-0.4, -0.2) is 44.4 Å². The van der Waals surface area contributed by atoms with E-state index in [1.54, 1.807) is 29.0 Å². The SMILES string of the molecule is Cc1cccn2cc(COc3ccccc3C(=O)NCCSSCCC(=O)O)nc12. The predicted molar refractivity (Wildman–Crippen MR) is 120 cm³/mol. The van der Waals surface area contributed by atoms with Gasteiger partial charge in [0.25, 0.3) is 5.91 Å². The Labute approximate surface area is 182 Å². The van der Waals surface area contributed by atoms with E-state index in [4.69, 9.17) is 9.84 Å². The molecule has 2 N–H and O–H groups in total. The fraction of sp³-hybridized carbons (Fsp3) is 0.286. The summed E-state index contributed by atoms with van der Waals surface area (Å²) in [5, 5.41) is 11.5. The van der Waals surface area contributed by atoms with Crippen LogP contribution in [0.5, 0.6) is 5.75 Å². The van der Waals surface area contributed by atoms with Crippen molar-refractivity contribution in [3.05, 3.63) is 65.6 Å². The molecule has 0 spiro atoms. The van der Waals surface area contributed by atoms with Gasteiger partial charge in [0.1, 0.15) is 18.0 Å². The van der Waals surface area contributed by atoms with Crippen LogP contribution in [-0.2, 0) is 11.4 Å².